The van der Waals surface area contributed by atoms with E-state index in [1.165, 1.54) is 23.5 Å². The number of nitrogens with zero attached hydrogens (tertiary/aromatic N) is 1. The first-order valence-corrected chi connectivity index (χ1v) is 8.22. The highest BCUT2D eigenvalue weighted by molar-refractivity contribution is 7.89. The third-order valence-electron chi connectivity index (χ3n) is 3.42. The Morgan fingerprint density at radius 1 is 1.38 bits per heavy atom. The number of sulfonamides is 1. The highest BCUT2D eigenvalue weighted by Crippen LogP contribution is 2.26. The molecule has 2 rings (SSSR count). The number of nitrogens with two attached hydrogens (primary N) is 1. The van der Waals surface area contributed by atoms with Gasteiger partial charge in [-0.3, -0.25) is 4.79 Å². The Labute approximate surface area is 128 Å². The lowest BCUT2D eigenvalue weighted by atomic mass is 10.2. The van der Waals surface area contributed by atoms with Crippen LogP contribution in [0.25, 0.3) is 0 Å². The molecule has 0 amide bonds. The molecule has 1 aromatic carbocycles. The van der Waals surface area contributed by atoms with Crippen molar-refractivity contribution in [2.75, 3.05) is 13.7 Å². The Morgan fingerprint density at radius 3 is 2.52 bits per heavy atom. The number of hydrogen-bond acceptors (Lipinski definition) is 5. The molecule has 1 fully saturated rings. The summed E-state index contributed by atoms with van der Waals surface area (Å²) >= 11 is 4.83. The van der Waals surface area contributed by atoms with Crippen molar-refractivity contribution < 1.29 is 17.9 Å². The molecule has 8 heteroatoms. The van der Waals surface area contributed by atoms with Gasteiger partial charge in [-0.1, -0.05) is 24.4 Å². The number of hydrogen-bond donors (Lipinski definition) is 1. The maximum Gasteiger partial charge on any atom is 0.324 e. The Bertz CT molecular complexity index is 655. The number of benzene rings is 1. The van der Waals surface area contributed by atoms with Gasteiger partial charge in [0, 0.05) is 12.1 Å². The zero-order chi connectivity index (χ0) is 15.6. The smallest absolute Gasteiger partial charge is 0.324 e. The van der Waals surface area contributed by atoms with Gasteiger partial charge < -0.3 is 10.5 Å². The van der Waals surface area contributed by atoms with Crippen LogP contribution in [0.15, 0.2) is 29.2 Å². The van der Waals surface area contributed by atoms with E-state index in [-0.39, 0.29) is 9.88 Å². The van der Waals surface area contributed by atoms with Crippen molar-refractivity contribution in [2.24, 2.45) is 5.73 Å². The average molecular weight is 328 g/mol. The van der Waals surface area contributed by atoms with Gasteiger partial charge in [0.15, 0.2) is 0 Å². The molecule has 0 saturated carbocycles. The van der Waals surface area contributed by atoms with Crippen LogP contribution in [0, 0.1) is 0 Å². The van der Waals surface area contributed by atoms with Crippen molar-refractivity contribution in [3.05, 3.63) is 29.8 Å². The van der Waals surface area contributed by atoms with E-state index in [1.54, 1.807) is 12.1 Å². The van der Waals surface area contributed by atoms with Gasteiger partial charge in [-0.2, -0.15) is 4.31 Å². The molecule has 1 unspecified atom stereocenters. The number of carbonyl (C=O) groups excluding carboxylic acids is 1. The van der Waals surface area contributed by atoms with Crippen LogP contribution in [0.1, 0.15) is 18.4 Å². The van der Waals surface area contributed by atoms with Gasteiger partial charge in [-0.25, -0.2) is 8.42 Å². The minimum absolute atomic E-state index is 0.110. The molecule has 6 nitrogen and oxygen atoms in total. The molecule has 0 aliphatic carbocycles. The second-order valence-electron chi connectivity index (χ2n) is 4.69. The Morgan fingerprint density at radius 2 is 2.00 bits per heavy atom. The van der Waals surface area contributed by atoms with E-state index in [9.17, 15) is 13.2 Å². The molecule has 21 heavy (non-hydrogen) atoms. The zero-order valence-electron chi connectivity index (χ0n) is 11.5. The summed E-state index contributed by atoms with van der Waals surface area (Å²) in [5.74, 6) is -0.532. The summed E-state index contributed by atoms with van der Waals surface area (Å²) < 4.78 is 31.1. The molecular weight excluding hydrogens is 312 g/mol. The van der Waals surface area contributed by atoms with Crippen molar-refractivity contribution in [3.8, 4) is 0 Å². The summed E-state index contributed by atoms with van der Waals surface area (Å²) in [6.45, 7) is 0.305. The van der Waals surface area contributed by atoms with Crippen LogP contribution in [0.4, 0.5) is 0 Å². The maximum atomic E-state index is 12.6. The molecule has 114 valence electrons. The Hall–Kier alpha value is -1.51. The lowest BCUT2D eigenvalue weighted by Gasteiger charge is -2.22. The van der Waals surface area contributed by atoms with E-state index >= 15 is 0 Å². The Balaban J connectivity index is 2.32. The first kappa shape index (κ1) is 15.9. The second-order valence-corrected chi connectivity index (χ2v) is 7.02. The van der Waals surface area contributed by atoms with Gasteiger partial charge in [0.1, 0.15) is 11.0 Å². The standard InChI is InChI=1S/C13H16N2O4S2/c1-19-13(16)11-3-2-8-15(11)21(17,18)10-6-4-9(5-7-10)12(14)20/h4-7,11H,2-3,8H2,1H3,(H2,14,20). The van der Waals surface area contributed by atoms with Gasteiger partial charge in [0.2, 0.25) is 10.0 Å². The fraction of sp³-hybridized carbons (Fsp3) is 0.385. The largest absolute Gasteiger partial charge is 0.468 e. The number of thiocarbonyl (C=S) groups is 1. The molecule has 0 spiro atoms. The summed E-state index contributed by atoms with van der Waals surface area (Å²) in [5, 5.41) is 0. The lowest BCUT2D eigenvalue weighted by Crippen LogP contribution is -2.41. The number of esters is 1. The number of rotatable bonds is 4. The molecule has 1 heterocycles. The fourth-order valence-electron chi connectivity index (χ4n) is 2.33. The number of methoxy groups -OCH3 is 1. The van der Waals surface area contributed by atoms with Gasteiger partial charge in [-0.05, 0) is 25.0 Å². The average Bonchev–Trinajstić information content (AvgIpc) is 2.96. The minimum Gasteiger partial charge on any atom is -0.468 e. The van der Waals surface area contributed by atoms with Crippen molar-refractivity contribution in [1.82, 2.24) is 4.31 Å². The molecule has 1 saturated heterocycles. The monoisotopic (exact) mass is 328 g/mol. The van der Waals surface area contributed by atoms with E-state index in [2.05, 4.69) is 4.74 Å². The van der Waals surface area contributed by atoms with Gasteiger partial charge in [-0.15, -0.1) is 0 Å². The zero-order valence-corrected chi connectivity index (χ0v) is 13.1. The summed E-state index contributed by atoms with van der Waals surface area (Å²) in [5.41, 5.74) is 6.08. The van der Waals surface area contributed by atoms with Gasteiger partial charge in [0.05, 0.1) is 12.0 Å². The topological polar surface area (TPSA) is 89.7 Å². The van der Waals surface area contributed by atoms with E-state index in [1.807, 2.05) is 0 Å². The molecule has 1 atom stereocenters. The quantitative estimate of drug-likeness (QED) is 0.645. The van der Waals surface area contributed by atoms with Gasteiger partial charge >= 0.3 is 5.97 Å². The van der Waals surface area contributed by atoms with Crippen LogP contribution in [0.5, 0.6) is 0 Å². The predicted octanol–water partition coefficient (Wildman–Crippen LogP) is 0.647. The van der Waals surface area contributed by atoms with E-state index in [0.717, 1.165) is 0 Å². The highest BCUT2D eigenvalue weighted by Gasteiger charge is 2.40. The van der Waals surface area contributed by atoms with Crippen molar-refractivity contribution in [2.45, 2.75) is 23.8 Å². The molecule has 2 N–H and O–H groups in total. The lowest BCUT2D eigenvalue weighted by molar-refractivity contribution is -0.144. The number of ether oxygens (including phenoxy) is 1. The van der Waals surface area contributed by atoms with Crippen LogP contribution in [-0.2, 0) is 19.6 Å². The SMILES string of the molecule is COC(=O)C1CCCN1S(=O)(=O)c1ccc(C(N)=S)cc1. The molecular formula is C13H16N2O4S2. The van der Waals surface area contributed by atoms with Gasteiger partial charge in [0.25, 0.3) is 0 Å². The van der Waals surface area contributed by atoms with E-state index in [0.29, 0.717) is 24.9 Å². The molecule has 0 aromatic heterocycles. The van der Waals surface area contributed by atoms with Crippen molar-refractivity contribution >= 4 is 33.2 Å². The first-order chi connectivity index (χ1) is 9.87. The van der Waals surface area contributed by atoms with E-state index < -0.39 is 22.0 Å². The van der Waals surface area contributed by atoms with Crippen molar-refractivity contribution in [3.63, 3.8) is 0 Å². The van der Waals surface area contributed by atoms with Crippen LogP contribution in [-0.4, -0.2) is 43.4 Å². The summed E-state index contributed by atoms with van der Waals surface area (Å²) in [7, 11) is -2.48. The summed E-state index contributed by atoms with van der Waals surface area (Å²) in [4.78, 5) is 12.0. The third kappa shape index (κ3) is 3.07. The molecule has 1 aliphatic heterocycles. The van der Waals surface area contributed by atoms with Crippen LogP contribution in [0.3, 0.4) is 0 Å². The van der Waals surface area contributed by atoms with Crippen LogP contribution in [0.2, 0.25) is 0 Å². The van der Waals surface area contributed by atoms with Crippen LogP contribution >= 0.6 is 12.2 Å². The second kappa shape index (κ2) is 6.08. The third-order valence-corrected chi connectivity index (χ3v) is 5.58. The Kier molecular flexibility index (Phi) is 4.60. The first-order valence-electron chi connectivity index (χ1n) is 6.37. The molecule has 0 radical (unpaired) electrons. The van der Waals surface area contributed by atoms with E-state index in [4.69, 9.17) is 18.0 Å². The molecule has 1 aliphatic rings. The predicted molar refractivity (Wildman–Crippen MR) is 81.3 cm³/mol. The van der Waals surface area contributed by atoms with Crippen LogP contribution < -0.4 is 5.73 Å². The maximum absolute atomic E-state index is 12.6. The molecule has 0 bridgehead atoms. The summed E-state index contributed by atoms with van der Waals surface area (Å²) in [6.07, 6.45) is 1.10. The normalized spacial score (nSPS) is 19.4. The summed E-state index contributed by atoms with van der Waals surface area (Å²) in [6, 6.07) is 5.24. The molecule has 1 aromatic rings. The highest BCUT2D eigenvalue weighted by atomic mass is 32.2. The number of carbonyl (C=O) groups is 1. The minimum atomic E-state index is -3.74. The van der Waals surface area contributed by atoms with Crippen molar-refractivity contribution in [1.29, 1.82) is 0 Å². The fourth-order valence-corrected chi connectivity index (χ4v) is 4.11.